The molecule has 0 aliphatic carbocycles. The molecule has 1 aliphatic heterocycles. The quantitative estimate of drug-likeness (QED) is 0.746. The molecule has 0 amide bonds. The zero-order valence-electron chi connectivity index (χ0n) is 7.57. The Bertz CT molecular complexity index is 326. The van der Waals surface area contributed by atoms with Gasteiger partial charge in [0, 0.05) is 11.8 Å². The zero-order chi connectivity index (χ0) is 10.0. The number of nitrogens with zero attached hydrogens (tertiary/aromatic N) is 1. The van der Waals surface area contributed by atoms with Crippen LogP contribution in [-0.4, -0.2) is 24.7 Å². The minimum atomic E-state index is -1.00. The maximum Gasteiger partial charge on any atom is 0.209 e. The molecule has 76 valence electrons. The molecule has 0 spiro atoms. The molecule has 1 aromatic rings. The molecule has 5 heteroatoms. The standard InChI is InChI=1S/C9H11FN2O2/c10-8-3-7(4-12-5-8)9(6-11)13-1-2-14-9/h3-5H,1-2,6,11H2. The van der Waals surface area contributed by atoms with E-state index in [9.17, 15) is 4.39 Å². The summed E-state index contributed by atoms with van der Waals surface area (Å²) in [6.45, 7) is 1.08. The van der Waals surface area contributed by atoms with Gasteiger partial charge >= 0.3 is 0 Å². The summed E-state index contributed by atoms with van der Waals surface area (Å²) >= 11 is 0. The van der Waals surface area contributed by atoms with Crippen LogP contribution in [0.25, 0.3) is 0 Å². The molecule has 1 aliphatic rings. The van der Waals surface area contributed by atoms with Crippen molar-refractivity contribution in [1.29, 1.82) is 0 Å². The van der Waals surface area contributed by atoms with Crippen LogP contribution in [0.5, 0.6) is 0 Å². The van der Waals surface area contributed by atoms with Crippen molar-refractivity contribution in [2.75, 3.05) is 19.8 Å². The first-order valence-corrected chi connectivity index (χ1v) is 4.36. The van der Waals surface area contributed by atoms with Gasteiger partial charge in [0.15, 0.2) is 0 Å². The number of aromatic nitrogens is 1. The summed E-state index contributed by atoms with van der Waals surface area (Å²) in [7, 11) is 0. The monoisotopic (exact) mass is 198 g/mol. The van der Waals surface area contributed by atoms with Gasteiger partial charge in [0.1, 0.15) is 5.82 Å². The smallest absolute Gasteiger partial charge is 0.209 e. The second kappa shape index (κ2) is 3.61. The van der Waals surface area contributed by atoms with E-state index >= 15 is 0 Å². The van der Waals surface area contributed by atoms with E-state index in [-0.39, 0.29) is 6.54 Å². The van der Waals surface area contributed by atoms with Crippen LogP contribution >= 0.6 is 0 Å². The highest BCUT2D eigenvalue weighted by Gasteiger charge is 2.37. The van der Waals surface area contributed by atoms with Gasteiger partial charge in [-0.15, -0.1) is 0 Å². The molecule has 2 N–H and O–H groups in total. The predicted octanol–water partition coefficient (Wildman–Crippen LogP) is 0.379. The lowest BCUT2D eigenvalue weighted by Crippen LogP contribution is -2.36. The van der Waals surface area contributed by atoms with Gasteiger partial charge in [-0.25, -0.2) is 4.39 Å². The summed E-state index contributed by atoms with van der Waals surface area (Å²) in [5.74, 6) is -1.43. The lowest BCUT2D eigenvalue weighted by atomic mass is 10.1. The largest absolute Gasteiger partial charge is 0.342 e. The van der Waals surface area contributed by atoms with Crippen molar-refractivity contribution < 1.29 is 13.9 Å². The molecule has 0 aromatic carbocycles. The maximum absolute atomic E-state index is 12.9. The Morgan fingerprint density at radius 1 is 1.43 bits per heavy atom. The van der Waals surface area contributed by atoms with Crippen LogP contribution in [0.3, 0.4) is 0 Å². The van der Waals surface area contributed by atoms with E-state index in [4.69, 9.17) is 15.2 Å². The molecule has 4 nitrogen and oxygen atoms in total. The van der Waals surface area contributed by atoms with Gasteiger partial charge in [0.05, 0.1) is 26.0 Å². The average molecular weight is 198 g/mol. The van der Waals surface area contributed by atoms with Crippen LogP contribution in [0.4, 0.5) is 4.39 Å². The van der Waals surface area contributed by atoms with Crippen molar-refractivity contribution in [3.05, 3.63) is 29.8 Å². The third-order valence-electron chi connectivity index (χ3n) is 2.17. The van der Waals surface area contributed by atoms with Crippen LogP contribution < -0.4 is 5.73 Å². The van der Waals surface area contributed by atoms with Crippen LogP contribution in [0.15, 0.2) is 18.5 Å². The number of pyridine rings is 1. The van der Waals surface area contributed by atoms with Crippen molar-refractivity contribution in [2.45, 2.75) is 5.79 Å². The zero-order valence-corrected chi connectivity index (χ0v) is 7.57. The van der Waals surface area contributed by atoms with E-state index in [2.05, 4.69) is 4.98 Å². The van der Waals surface area contributed by atoms with E-state index in [1.54, 1.807) is 0 Å². The maximum atomic E-state index is 12.9. The van der Waals surface area contributed by atoms with E-state index in [0.29, 0.717) is 18.8 Å². The Labute approximate surface area is 80.8 Å². The van der Waals surface area contributed by atoms with Gasteiger partial charge < -0.3 is 15.2 Å². The normalized spacial score (nSPS) is 19.9. The Balaban J connectivity index is 2.35. The van der Waals surface area contributed by atoms with Crippen molar-refractivity contribution in [1.82, 2.24) is 4.98 Å². The summed E-state index contributed by atoms with van der Waals surface area (Å²) in [6, 6.07) is 1.32. The van der Waals surface area contributed by atoms with E-state index in [1.807, 2.05) is 0 Å². The van der Waals surface area contributed by atoms with Crippen LogP contribution in [-0.2, 0) is 15.3 Å². The van der Waals surface area contributed by atoms with E-state index in [0.717, 1.165) is 6.20 Å². The first-order chi connectivity index (χ1) is 6.77. The number of halogens is 1. The van der Waals surface area contributed by atoms with Gasteiger partial charge in [-0.2, -0.15) is 0 Å². The molecule has 1 aromatic heterocycles. The topological polar surface area (TPSA) is 57.4 Å². The van der Waals surface area contributed by atoms with Crippen LogP contribution in [0, 0.1) is 5.82 Å². The van der Waals surface area contributed by atoms with Gasteiger partial charge in [-0.3, -0.25) is 4.98 Å². The second-order valence-electron chi connectivity index (χ2n) is 3.05. The van der Waals surface area contributed by atoms with Gasteiger partial charge in [0.25, 0.3) is 0 Å². The fourth-order valence-corrected chi connectivity index (χ4v) is 1.48. The first kappa shape index (κ1) is 9.51. The van der Waals surface area contributed by atoms with Crippen molar-refractivity contribution in [3.63, 3.8) is 0 Å². The molecule has 1 fully saturated rings. The summed E-state index contributed by atoms with van der Waals surface area (Å²) < 4.78 is 23.7. The molecule has 2 heterocycles. The molecule has 0 saturated carbocycles. The lowest BCUT2D eigenvalue weighted by Gasteiger charge is -2.25. The number of rotatable bonds is 2. The highest BCUT2D eigenvalue weighted by molar-refractivity contribution is 5.18. The van der Waals surface area contributed by atoms with Crippen molar-refractivity contribution in [3.8, 4) is 0 Å². The van der Waals surface area contributed by atoms with E-state index in [1.165, 1.54) is 12.3 Å². The molecule has 0 unspecified atom stereocenters. The molecule has 0 bridgehead atoms. The highest BCUT2D eigenvalue weighted by atomic mass is 19.1. The van der Waals surface area contributed by atoms with Crippen molar-refractivity contribution in [2.24, 2.45) is 5.73 Å². The Kier molecular flexibility index (Phi) is 2.45. The summed E-state index contributed by atoms with van der Waals surface area (Å²) in [5.41, 5.74) is 6.08. The molecule has 14 heavy (non-hydrogen) atoms. The first-order valence-electron chi connectivity index (χ1n) is 4.36. The number of nitrogens with two attached hydrogens (primary N) is 1. The van der Waals surface area contributed by atoms with Crippen LogP contribution in [0.1, 0.15) is 5.56 Å². The molecule has 1 saturated heterocycles. The fraction of sp³-hybridized carbons (Fsp3) is 0.444. The molecule has 0 atom stereocenters. The Morgan fingerprint density at radius 2 is 2.14 bits per heavy atom. The Morgan fingerprint density at radius 3 is 2.71 bits per heavy atom. The molecule has 2 rings (SSSR count). The fourth-order valence-electron chi connectivity index (χ4n) is 1.48. The number of hydrogen-bond donors (Lipinski definition) is 1. The predicted molar refractivity (Wildman–Crippen MR) is 46.8 cm³/mol. The Hall–Kier alpha value is -1.04. The summed E-state index contributed by atoms with van der Waals surface area (Å²) in [4.78, 5) is 3.73. The molecular formula is C9H11FN2O2. The minimum Gasteiger partial charge on any atom is -0.342 e. The average Bonchev–Trinajstić information content (AvgIpc) is 2.67. The third-order valence-corrected chi connectivity index (χ3v) is 2.17. The highest BCUT2D eigenvalue weighted by Crippen LogP contribution is 2.29. The second-order valence-corrected chi connectivity index (χ2v) is 3.05. The summed E-state index contributed by atoms with van der Waals surface area (Å²) in [5, 5.41) is 0. The lowest BCUT2D eigenvalue weighted by molar-refractivity contribution is -0.157. The summed E-state index contributed by atoms with van der Waals surface area (Å²) in [6.07, 6.45) is 2.63. The molecular weight excluding hydrogens is 187 g/mol. The van der Waals surface area contributed by atoms with Crippen LogP contribution in [0.2, 0.25) is 0 Å². The SMILES string of the molecule is NCC1(c2cncc(F)c2)OCCO1. The number of ether oxygens (including phenoxy) is 2. The van der Waals surface area contributed by atoms with Gasteiger partial charge in [-0.1, -0.05) is 0 Å². The number of hydrogen-bond acceptors (Lipinski definition) is 4. The molecule has 0 radical (unpaired) electrons. The van der Waals surface area contributed by atoms with Gasteiger partial charge in [-0.05, 0) is 6.07 Å². The van der Waals surface area contributed by atoms with E-state index < -0.39 is 11.6 Å². The third kappa shape index (κ3) is 1.50. The van der Waals surface area contributed by atoms with Crippen molar-refractivity contribution >= 4 is 0 Å². The van der Waals surface area contributed by atoms with Gasteiger partial charge in [0.2, 0.25) is 5.79 Å². The minimum absolute atomic E-state index is 0.151.